The number of pyridine rings is 1. The molecule has 1 amide bonds. The Balaban J connectivity index is 2.08. The number of rotatable bonds is 2. The van der Waals surface area contributed by atoms with Crippen molar-refractivity contribution in [1.82, 2.24) is 10.3 Å². The molecule has 0 spiro atoms. The van der Waals surface area contributed by atoms with Gasteiger partial charge in [0.15, 0.2) is 11.0 Å². The summed E-state index contributed by atoms with van der Waals surface area (Å²) < 4.78 is 19.3. The minimum atomic E-state index is -0.548. The Morgan fingerprint density at radius 1 is 1.55 bits per heavy atom. The number of thiophene rings is 1. The van der Waals surface area contributed by atoms with Gasteiger partial charge >= 0.3 is 6.09 Å². The van der Waals surface area contributed by atoms with Crippen molar-refractivity contribution < 1.29 is 13.9 Å². The second-order valence-electron chi connectivity index (χ2n) is 5.22. The Kier molecular flexibility index (Phi) is 4.15. The smallest absolute Gasteiger partial charge is 0.407 e. The molecule has 108 valence electrons. The van der Waals surface area contributed by atoms with Crippen LogP contribution >= 0.6 is 22.9 Å². The predicted octanol–water partition coefficient (Wildman–Crippen LogP) is 4.11. The van der Waals surface area contributed by atoms with Crippen molar-refractivity contribution in [2.45, 2.75) is 32.9 Å². The Hall–Kier alpha value is -1.40. The maximum absolute atomic E-state index is 13.7. The molecule has 2 heterocycles. The molecular formula is C13H14ClFN2O2S. The predicted molar refractivity (Wildman–Crippen MR) is 77.7 cm³/mol. The van der Waals surface area contributed by atoms with E-state index in [-0.39, 0.29) is 11.7 Å². The van der Waals surface area contributed by atoms with E-state index in [1.807, 2.05) is 0 Å². The molecule has 2 aromatic heterocycles. The molecule has 0 saturated carbocycles. The van der Waals surface area contributed by atoms with Crippen molar-refractivity contribution >= 4 is 39.1 Å². The molecular weight excluding hydrogens is 303 g/mol. The lowest BCUT2D eigenvalue weighted by Crippen LogP contribution is -2.31. The third-order valence-corrected chi connectivity index (χ3v) is 3.72. The quantitative estimate of drug-likeness (QED) is 0.848. The first kappa shape index (κ1) is 15.0. The Morgan fingerprint density at radius 2 is 2.25 bits per heavy atom. The van der Waals surface area contributed by atoms with Crippen LogP contribution in [0.15, 0.2) is 12.3 Å². The van der Waals surface area contributed by atoms with Gasteiger partial charge < -0.3 is 10.1 Å². The summed E-state index contributed by atoms with van der Waals surface area (Å²) in [6.45, 7) is 5.63. The number of carbonyl (C=O) groups excluding carboxylic acids is 1. The first-order valence-electron chi connectivity index (χ1n) is 5.95. The van der Waals surface area contributed by atoms with Gasteiger partial charge in [-0.15, -0.1) is 11.3 Å². The SMILES string of the molecule is CC(C)(C)OC(=O)NCc1cc2cnc(Cl)c(F)c2s1. The second kappa shape index (κ2) is 5.54. The van der Waals surface area contributed by atoms with Gasteiger partial charge in [0.25, 0.3) is 0 Å². The summed E-state index contributed by atoms with van der Waals surface area (Å²) in [5, 5.41) is 3.14. The van der Waals surface area contributed by atoms with Gasteiger partial charge in [-0.05, 0) is 26.8 Å². The number of fused-ring (bicyclic) bond motifs is 1. The highest BCUT2D eigenvalue weighted by molar-refractivity contribution is 7.19. The highest BCUT2D eigenvalue weighted by atomic mass is 35.5. The van der Waals surface area contributed by atoms with Crippen LogP contribution in [0.4, 0.5) is 9.18 Å². The van der Waals surface area contributed by atoms with E-state index in [0.29, 0.717) is 10.1 Å². The maximum Gasteiger partial charge on any atom is 0.407 e. The zero-order chi connectivity index (χ0) is 14.9. The monoisotopic (exact) mass is 316 g/mol. The summed E-state index contributed by atoms with van der Waals surface area (Å²) in [6, 6.07) is 1.77. The second-order valence-corrected chi connectivity index (χ2v) is 6.71. The Bertz CT molecular complexity index is 652. The molecule has 0 atom stereocenters. The first-order chi connectivity index (χ1) is 9.26. The minimum absolute atomic E-state index is 0.147. The zero-order valence-electron chi connectivity index (χ0n) is 11.3. The van der Waals surface area contributed by atoms with Gasteiger partial charge in [0.2, 0.25) is 0 Å². The number of halogens is 2. The van der Waals surface area contributed by atoms with Crippen LogP contribution in [-0.4, -0.2) is 16.7 Å². The minimum Gasteiger partial charge on any atom is -0.444 e. The van der Waals surface area contributed by atoms with Gasteiger partial charge in [-0.25, -0.2) is 14.2 Å². The summed E-state index contributed by atoms with van der Waals surface area (Å²) >= 11 is 6.86. The first-order valence-corrected chi connectivity index (χ1v) is 7.15. The van der Waals surface area contributed by atoms with Gasteiger partial charge in [-0.2, -0.15) is 0 Å². The molecule has 0 saturated heterocycles. The number of nitrogens with zero attached hydrogens (tertiary/aromatic N) is 1. The van der Waals surface area contributed by atoms with Crippen molar-refractivity contribution in [3.63, 3.8) is 0 Å². The standard InChI is InChI=1S/C13H14ClFN2O2S/c1-13(2,3)19-12(18)17-6-8-4-7-5-16-11(14)9(15)10(7)20-8/h4-5H,6H2,1-3H3,(H,17,18). The van der Waals surface area contributed by atoms with Crippen LogP contribution in [-0.2, 0) is 11.3 Å². The van der Waals surface area contributed by atoms with Crippen molar-refractivity contribution in [3.05, 3.63) is 28.1 Å². The molecule has 7 heteroatoms. The summed E-state index contributed by atoms with van der Waals surface area (Å²) in [6.07, 6.45) is 1.00. The van der Waals surface area contributed by atoms with Gasteiger partial charge in [0, 0.05) is 16.5 Å². The van der Waals surface area contributed by atoms with Crippen LogP contribution in [0.25, 0.3) is 10.1 Å². The molecule has 0 bridgehead atoms. The van der Waals surface area contributed by atoms with E-state index >= 15 is 0 Å². The largest absolute Gasteiger partial charge is 0.444 e. The average Bonchev–Trinajstić information content (AvgIpc) is 2.73. The van der Waals surface area contributed by atoms with E-state index in [9.17, 15) is 9.18 Å². The van der Waals surface area contributed by atoms with Crippen molar-refractivity contribution in [2.24, 2.45) is 0 Å². The molecule has 2 rings (SSSR count). The van der Waals surface area contributed by atoms with E-state index in [2.05, 4.69) is 10.3 Å². The lowest BCUT2D eigenvalue weighted by molar-refractivity contribution is 0.0524. The highest BCUT2D eigenvalue weighted by Crippen LogP contribution is 2.30. The molecule has 1 N–H and O–H groups in total. The molecule has 0 fully saturated rings. The summed E-state index contributed by atoms with van der Waals surface area (Å²) in [4.78, 5) is 16.1. The number of carbonyl (C=O) groups is 1. The van der Waals surface area contributed by atoms with Crippen molar-refractivity contribution in [2.75, 3.05) is 0 Å². The molecule has 4 nitrogen and oxygen atoms in total. The van der Waals surface area contributed by atoms with Crippen LogP contribution in [0.3, 0.4) is 0 Å². The molecule has 0 radical (unpaired) electrons. The number of ether oxygens (including phenoxy) is 1. The Labute approximate surface area is 124 Å². The molecule has 2 aromatic rings. The van der Waals surface area contributed by atoms with Crippen LogP contribution in [0, 0.1) is 5.82 Å². The van der Waals surface area contributed by atoms with Gasteiger partial charge in [-0.1, -0.05) is 11.6 Å². The summed E-state index contributed by atoms with van der Waals surface area (Å²) in [7, 11) is 0. The molecule has 0 aliphatic carbocycles. The number of nitrogens with one attached hydrogen (secondary N) is 1. The molecule has 0 unspecified atom stereocenters. The molecule has 20 heavy (non-hydrogen) atoms. The van der Waals surface area contributed by atoms with Crippen LogP contribution < -0.4 is 5.32 Å². The van der Waals surface area contributed by atoms with Gasteiger partial charge in [-0.3, -0.25) is 0 Å². The lowest BCUT2D eigenvalue weighted by atomic mass is 10.2. The van der Waals surface area contributed by atoms with Crippen molar-refractivity contribution in [3.8, 4) is 0 Å². The van der Waals surface area contributed by atoms with E-state index in [0.717, 1.165) is 4.88 Å². The van der Waals surface area contributed by atoms with Crippen LogP contribution in [0.5, 0.6) is 0 Å². The number of aromatic nitrogens is 1. The normalized spacial score (nSPS) is 11.7. The van der Waals surface area contributed by atoms with E-state index in [1.165, 1.54) is 17.5 Å². The van der Waals surface area contributed by atoms with Gasteiger partial charge in [0.1, 0.15) is 5.60 Å². The van der Waals surface area contributed by atoms with Crippen LogP contribution in [0.1, 0.15) is 25.6 Å². The maximum atomic E-state index is 13.7. The topological polar surface area (TPSA) is 51.2 Å². The number of amides is 1. The number of alkyl carbamates (subject to hydrolysis) is 1. The van der Waals surface area contributed by atoms with Gasteiger partial charge in [0.05, 0.1) is 11.2 Å². The third kappa shape index (κ3) is 3.58. The number of hydrogen-bond donors (Lipinski definition) is 1. The summed E-state index contributed by atoms with van der Waals surface area (Å²) in [5.41, 5.74) is -0.548. The van der Waals surface area contributed by atoms with Crippen molar-refractivity contribution in [1.29, 1.82) is 0 Å². The fraction of sp³-hybridized carbons (Fsp3) is 0.385. The fourth-order valence-electron chi connectivity index (χ4n) is 1.56. The Morgan fingerprint density at radius 3 is 2.90 bits per heavy atom. The average molecular weight is 317 g/mol. The number of hydrogen-bond acceptors (Lipinski definition) is 4. The van der Waals surface area contributed by atoms with E-state index in [1.54, 1.807) is 26.8 Å². The third-order valence-electron chi connectivity index (χ3n) is 2.32. The summed E-state index contributed by atoms with van der Waals surface area (Å²) in [5.74, 6) is -0.530. The molecule has 0 aromatic carbocycles. The van der Waals surface area contributed by atoms with Crippen LogP contribution in [0.2, 0.25) is 5.15 Å². The van der Waals surface area contributed by atoms with E-state index in [4.69, 9.17) is 16.3 Å². The fourth-order valence-corrected chi connectivity index (χ4v) is 2.77. The van der Waals surface area contributed by atoms with E-state index < -0.39 is 17.5 Å². The molecule has 0 aliphatic heterocycles. The zero-order valence-corrected chi connectivity index (χ0v) is 12.9. The molecule has 0 aliphatic rings. The lowest BCUT2D eigenvalue weighted by Gasteiger charge is -2.19. The highest BCUT2D eigenvalue weighted by Gasteiger charge is 2.16.